The maximum atomic E-state index is 12.9. The van der Waals surface area contributed by atoms with Crippen LogP contribution in [0.5, 0.6) is 0 Å². The summed E-state index contributed by atoms with van der Waals surface area (Å²) in [5.74, 6) is -0.748. The van der Waals surface area contributed by atoms with Crippen LogP contribution in [0.3, 0.4) is 0 Å². The van der Waals surface area contributed by atoms with E-state index in [2.05, 4.69) is 25.6 Å². The van der Waals surface area contributed by atoms with Crippen LogP contribution in [-0.2, 0) is 12.7 Å². The maximum absolute atomic E-state index is 12.9. The molecule has 0 saturated carbocycles. The molecule has 10 heteroatoms. The van der Waals surface area contributed by atoms with Crippen molar-refractivity contribution in [2.45, 2.75) is 26.6 Å². The summed E-state index contributed by atoms with van der Waals surface area (Å²) in [7, 11) is 0. The summed E-state index contributed by atoms with van der Waals surface area (Å²) in [4.78, 5) is 34.6. The molecular weight excluding hydrogens is 447 g/mol. The van der Waals surface area contributed by atoms with Gasteiger partial charge >= 0.3 is 6.18 Å². The van der Waals surface area contributed by atoms with Crippen LogP contribution < -0.4 is 10.6 Å². The molecule has 0 fully saturated rings. The Balaban J connectivity index is 1.47. The van der Waals surface area contributed by atoms with Gasteiger partial charge in [-0.05, 0) is 54.4 Å². The second-order valence-electron chi connectivity index (χ2n) is 7.78. The fourth-order valence-electron chi connectivity index (χ4n) is 3.37. The van der Waals surface area contributed by atoms with E-state index in [-0.39, 0.29) is 11.3 Å². The number of rotatable bonds is 6. The smallest absolute Gasteiger partial charge is 0.380 e. The molecule has 0 bridgehead atoms. The molecule has 0 saturated heterocycles. The Kier molecular flexibility index (Phi) is 6.06. The van der Waals surface area contributed by atoms with Gasteiger partial charge in [0.15, 0.2) is 5.78 Å². The van der Waals surface area contributed by atoms with E-state index in [4.69, 9.17) is 0 Å². The fraction of sp³-hybridized carbons (Fsp3) is 0.167. The van der Waals surface area contributed by atoms with Crippen molar-refractivity contribution in [2.75, 3.05) is 10.6 Å². The minimum Gasteiger partial charge on any atom is -0.380 e. The van der Waals surface area contributed by atoms with Crippen LogP contribution in [0.15, 0.2) is 54.9 Å². The van der Waals surface area contributed by atoms with Gasteiger partial charge in [0, 0.05) is 36.3 Å². The number of pyridine rings is 2. The van der Waals surface area contributed by atoms with Crippen molar-refractivity contribution < 1.29 is 22.8 Å². The number of fused-ring (bicyclic) bond motifs is 1. The lowest BCUT2D eigenvalue weighted by Gasteiger charge is -2.12. The third kappa shape index (κ3) is 5.06. The number of benzene rings is 1. The van der Waals surface area contributed by atoms with Crippen molar-refractivity contribution in [1.82, 2.24) is 15.0 Å². The molecule has 0 spiro atoms. The third-order valence-electron chi connectivity index (χ3n) is 5.25. The summed E-state index contributed by atoms with van der Waals surface area (Å²) in [5.41, 5.74) is 2.85. The number of anilines is 2. The van der Waals surface area contributed by atoms with Gasteiger partial charge in [-0.1, -0.05) is 6.07 Å². The highest BCUT2D eigenvalue weighted by molar-refractivity contribution is 6.04. The average molecular weight is 467 g/mol. The molecule has 0 aliphatic heterocycles. The molecule has 4 rings (SSSR count). The summed E-state index contributed by atoms with van der Waals surface area (Å²) in [5, 5.41) is 6.69. The van der Waals surface area contributed by atoms with E-state index in [1.165, 1.54) is 13.0 Å². The first-order valence-electron chi connectivity index (χ1n) is 10.3. The standard InChI is InChI=1S/C24H20F3N5O2/c1-13-3-4-18(31-23(34)15-5-6-28-21(10-15)24(25,26)27)8-17(13)11-29-19-7-16-9-20(14(2)33)32-22(16)30-12-19/h3-10,12,29H,11H2,1-2H3,(H,30,32)(H,31,34). The zero-order chi connectivity index (χ0) is 24.5. The minimum absolute atomic E-state index is 0.0802. The molecule has 174 valence electrons. The van der Waals surface area contributed by atoms with E-state index in [0.717, 1.165) is 28.4 Å². The van der Waals surface area contributed by atoms with E-state index >= 15 is 0 Å². The lowest BCUT2D eigenvalue weighted by atomic mass is 10.1. The van der Waals surface area contributed by atoms with Crippen molar-refractivity contribution in [3.63, 3.8) is 0 Å². The van der Waals surface area contributed by atoms with Crippen molar-refractivity contribution in [3.8, 4) is 0 Å². The van der Waals surface area contributed by atoms with Gasteiger partial charge in [-0.15, -0.1) is 0 Å². The molecule has 3 heterocycles. The Morgan fingerprint density at radius 2 is 1.82 bits per heavy atom. The lowest BCUT2D eigenvalue weighted by Crippen LogP contribution is -2.15. The number of alkyl halides is 3. The van der Waals surface area contributed by atoms with Gasteiger partial charge in [0.05, 0.1) is 17.6 Å². The van der Waals surface area contributed by atoms with Gasteiger partial charge in [-0.25, -0.2) is 4.98 Å². The van der Waals surface area contributed by atoms with Crippen molar-refractivity contribution in [3.05, 3.63) is 82.9 Å². The van der Waals surface area contributed by atoms with E-state index in [1.54, 1.807) is 24.4 Å². The first-order valence-corrected chi connectivity index (χ1v) is 10.3. The van der Waals surface area contributed by atoms with Crippen LogP contribution in [-0.4, -0.2) is 26.6 Å². The molecular formula is C24H20F3N5O2. The molecule has 0 atom stereocenters. The number of aryl methyl sites for hydroxylation is 1. The largest absolute Gasteiger partial charge is 0.433 e. The molecule has 0 radical (unpaired) electrons. The van der Waals surface area contributed by atoms with Crippen LogP contribution in [0.4, 0.5) is 24.5 Å². The first-order chi connectivity index (χ1) is 16.1. The highest BCUT2D eigenvalue weighted by Crippen LogP contribution is 2.28. The summed E-state index contributed by atoms with van der Waals surface area (Å²) in [6.45, 7) is 3.80. The molecule has 0 aliphatic rings. The molecule has 34 heavy (non-hydrogen) atoms. The van der Waals surface area contributed by atoms with Crippen LogP contribution >= 0.6 is 0 Å². The molecule has 3 aromatic heterocycles. The van der Waals surface area contributed by atoms with E-state index < -0.39 is 17.8 Å². The number of Topliss-reactive ketones (excluding diaryl/α,β-unsaturated/α-hetero) is 1. The summed E-state index contributed by atoms with van der Waals surface area (Å²) in [6, 6.07) is 10.8. The molecule has 4 aromatic rings. The van der Waals surface area contributed by atoms with Crippen LogP contribution in [0.25, 0.3) is 11.0 Å². The Morgan fingerprint density at radius 3 is 2.56 bits per heavy atom. The van der Waals surface area contributed by atoms with E-state index in [1.807, 2.05) is 19.1 Å². The number of nitrogens with zero attached hydrogens (tertiary/aromatic N) is 2. The van der Waals surface area contributed by atoms with Crippen molar-refractivity contribution in [2.24, 2.45) is 0 Å². The van der Waals surface area contributed by atoms with Crippen LogP contribution in [0, 0.1) is 6.92 Å². The number of ketones is 1. The number of hydrogen-bond acceptors (Lipinski definition) is 5. The quantitative estimate of drug-likeness (QED) is 0.332. The molecule has 3 N–H and O–H groups in total. The van der Waals surface area contributed by atoms with Gasteiger partial charge < -0.3 is 15.6 Å². The Labute approximate surface area is 192 Å². The summed E-state index contributed by atoms with van der Waals surface area (Å²) in [6.07, 6.45) is -2.03. The number of H-pyrrole nitrogens is 1. The number of aromatic nitrogens is 3. The number of amides is 1. The average Bonchev–Trinajstić information content (AvgIpc) is 3.23. The minimum atomic E-state index is -4.63. The number of aromatic amines is 1. The monoisotopic (exact) mass is 467 g/mol. The normalized spacial score (nSPS) is 11.4. The third-order valence-corrected chi connectivity index (χ3v) is 5.25. The second kappa shape index (κ2) is 8.97. The van der Waals surface area contributed by atoms with Gasteiger partial charge in [-0.2, -0.15) is 13.2 Å². The topological polar surface area (TPSA) is 99.8 Å². The SMILES string of the molecule is CC(=O)c1cc2cc(NCc3cc(NC(=O)c4ccnc(C(F)(F)F)c4)ccc3C)cnc2[nH]1. The summed E-state index contributed by atoms with van der Waals surface area (Å²) < 4.78 is 38.6. The maximum Gasteiger partial charge on any atom is 0.433 e. The van der Waals surface area contributed by atoms with E-state index in [0.29, 0.717) is 29.6 Å². The van der Waals surface area contributed by atoms with Gasteiger partial charge in [-0.3, -0.25) is 14.6 Å². The molecule has 1 amide bonds. The molecule has 0 unspecified atom stereocenters. The Hall–Kier alpha value is -4.21. The number of hydrogen-bond donors (Lipinski definition) is 3. The predicted molar refractivity (Wildman–Crippen MR) is 122 cm³/mol. The van der Waals surface area contributed by atoms with Gasteiger partial charge in [0.25, 0.3) is 5.91 Å². The van der Waals surface area contributed by atoms with Crippen molar-refractivity contribution in [1.29, 1.82) is 0 Å². The van der Waals surface area contributed by atoms with Crippen LogP contribution in [0.1, 0.15) is 44.6 Å². The van der Waals surface area contributed by atoms with Gasteiger partial charge in [0.1, 0.15) is 11.3 Å². The zero-order valence-electron chi connectivity index (χ0n) is 18.2. The number of halogens is 3. The molecule has 7 nitrogen and oxygen atoms in total. The number of carbonyl (C=O) groups is 2. The number of carbonyl (C=O) groups excluding carboxylic acids is 2. The van der Waals surface area contributed by atoms with Gasteiger partial charge in [0.2, 0.25) is 0 Å². The molecule has 0 aliphatic carbocycles. The Morgan fingerprint density at radius 1 is 1.03 bits per heavy atom. The number of nitrogens with one attached hydrogen (secondary N) is 3. The predicted octanol–water partition coefficient (Wildman–Crippen LogP) is 5.35. The molecule has 1 aromatic carbocycles. The first kappa shape index (κ1) is 23.0. The highest BCUT2D eigenvalue weighted by atomic mass is 19.4. The zero-order valence-corrected chi connectivity index (χ0v) is 18.2. The highest BCUT2D eigenvalue weighted by Gasteiger charge is 2.33. The van der Waals surface area contributed by atoms with Crippen molar-refractivity contribution >= 4 is 34.1 Å². The lowest BCUT2D eigenvalue weighted by molar-refractivity contribution is -0.141. The fourth-order valence-corrected chi connectivity index (χ4v) is 3.37. The Bertz CT molecular complexity index is 1400. The second-order valence-corrected chi connectivity index (χ2v) is 7.78. The van der Waals surface area contributed by atoms with E-state index in [9.17, 15) is 22.8 Å². The van der Waals surface area contributed by atoms with Crippen LogP contribution in [0.2, 0.25) is 0 Å². The summed E-state index contributed by atoms with van der Waals surface area (Å²) >= 11 is 0.